The van der Waals surface area contributed by atoms with Crippen LogP contribution in [0.15, 0.2) is 83.0 Å². The highest BCUT2D eigenvalue weighted by Gasteiger charge is 2.14. The molecule has 0 atom stereocenters. The molecule has 0 saturated carbocycles. The molecule has 0 aliphatic heterocycles. The van der Waals surface area contributed by atoms with Crippen LogP contribution in [0.4, 0.5) is 17.1 Å². The summed E-state index contributed by atoms with van der Waals surface area (Å²) in [7, 11) is 3.07. The zero-order valence-electron chi connectivity index (χ0n) is 15.0. The van der Waals surface area contributed by atoms with Crippen molar-refractivity contribution in [1.29, 1.82) is 0 Å². The molecule has 0 unspecified atom stereocenters. The predicted octanol–water partition coefficient (Wildman–Crippen LogP) is 5.37. The Balaban J connectivity index is 1.71. The van der Waals surface area contributed by atoms with Crippen LogP contribution < -0.4 is 14.8 Å². The Bertz CT molecular complexity index is 939. The van der Waals surface area contributed by atoms with Gasteiger partial charge in [-0.2, -0.15) is 10.2 Å². The highest BCUT2D eigenvalue weighted by Crippen LogP contribution is 2.26. The topological polar surface area (TPSA) is 72.3 Å². The van der Waals surface area contributed by atoms with Crippen LogP contribution >= 0.6 is 0 Å². The van der Waals surface area contributed by atoms with Crippen molar-refractivity contribution in [2.24, 2.45) is 10.2 Å². The maximum absolute atomic E-state index is 12.6. The standard InChI is InChI=1S/C21H19N3O3/c1-26-18-12-13-20(27-2)19(14-18)21(25)22-15-8-10-17(11-9-15)24-23-16-6-4-3-5-7-16/h3-14H,1-2H3,(H,22,25). The van der Waals surface area contributed by atoms with Crippen molar-refractivity contribution in [3.05, 3.63) is 78.4 Å². The van der Waals surface area contributed by atoms with Crippen LogP contribution in [0.3, 0.4) is 0 Å². The Morgan fingerprint density at radius 3 is 2.11 bits per heavy atom. The van der Waals surface area contributed by atoms with Gasteiger partial charge >= 0.3 is 0 Å². The van der Waals surface area contributed by atoms with E-state index in [1.165, 1.54) is 7.11 Å². The van der Waals surface area contributed by atoms with Gasteiger partial charge in [-0.3, -0.25) is 4.79 Å². The molecule has 0 aliphatic carbocycles. The van der Waals surface area contributed by atoms with Crippen molar-refractivity contribution in [1.82, 2.24) is 0 Å². The van der Waals surface area contributed by atoms with Gasteiger partial charge in [-0.25, -0.2) is 0 Å². The molecule has 0 fully saturated rings. The first-order chi connectivity index (χ1) is 13.2. The molecule has 0 spiro atoms. The molecule has 1 amide bonds. The number of carbonyl (C=O) groups is 1. The molecular weight excluding hydrogens is 342 g/mol. The lowest BCUT2D eigenvalue weighted by Gasteiger charge is -2.11. The second kappa shape index (κ2) is 8.62. The summed E-state index contributed by atoms with van der Waals surface area (Å²) in [5.74, 6) is 0.767. The van der Waals surface area contributed by atoms with Gasteiger partial charge in [0.15, 0.2) is 0 Å². The second-order valence-corrected chi connectivity index (χ2v) is 5.60. The fraction of sp³-hybridized carbons (Fsp3) is 0.0952. The summed E-state index contributed by atoms with van der Waals surface area (Å²) >= 11 is 0. The van der Waals surface area contributed by atoms with Crippen molar-refractivity contribution >= 4 is 23.0 Å². The summed E-state index contributed by atoms with van der Waals surface area (Å²) in [6.45, 7) is 0. The Morgan fingerprint density at radius 1 is 0.815 bits per heavy atom. The highest BCUT2D eigenvalue weighted by atomic mass is 16.5. The van der Waals surface area contributed by atoms with E-state index in [1.807, 2.05) is 30.3 Å². The minimum absolute atomic E-state index is 0.288. The van der Waals surface area contributed by atoms with Crippen LogP contribution in [0.25, 0.3) is 0 Å². The van der Waals surface area contributed by atoms with E-state index in [-0.39, 0.29) is 5.91 Å². The molecule has 1 N–H and O–H groups in total. The molecule has 3 aromatic carbocycles. The van der Waals surface area contributed by atoms with Crippen LogP contribution in [0.5, 0.6) is 11.5 Å². The largest absolute Gasteiger partial charge is 0.497 e. The maximum atomic E-state index is 12.6. The molecule has 3 rings (SSSR count). The lowest BCUT2D eigenvalue weighted by molar-refractivity contribution is 0.102. The molecule has 0 radical (unpaired) electrons. The van der Waals surface area contributed by atoms with Gasteiger partial charge in [0.2, 0.25) is 0 Å². The number of carbonyl (C=O) groups excluding carboxylic acids is 1. The quantitative estimate of drug-likeness (QED) is 0.600. The average Bonchev–Trinajstić information content (AvgIpc) is 2.73. The number of nitrogens with zero attached hydrogens (tertiary/aromatic N) is 2. The van der Waals surface area contributed by atoms with E-state index in [0.29, 0.717) is 28.4 Å². The number of rotatable bonds is 6. The van der Waals surface area contributed by atoms with Crippen molar-refractivity contribution in [3.63, 3.8) is 0 Å². The SMILES string of the molecule is COc1ccc(OC)c(C(=O)Nc2ccc(N=Nc3ccccc3)cc2)c1. The minimum atomic E-state index is -0.288. The zero-order chi connectivity index (χ0) is 19.1. The number of ether oxygens (including phenoxy) is 2. The molecule has 3 aromatic rings. The van der Waals surface area contributed by atoms with E-state index in [1.54, 1.807) is 49.6 Å². The van der Waals surface area contributed by atoms with Gasteiger partial charge in [-0.1, -0.05) is 18.2 Å². The Labute approximate surface area is 157 Å². The number of anilines is 1. The third-order valence-corrected chi connectivity index (χ3v) is 3.81. The third kappa shape index (κ3) is 4.70. The van der Waals surface area contributed by atoms with Crippen molar-refractivity contribution in [2.75, 3.05) is 19.5 Å². The molecule has 6 nitrogen and oxygen atoms in total. The summed E-state index contributed by atoms with van der Waals surface area (Å²) in [4.78, 5) is 12.6. The van der Waals surface area contributed by atoms with Gasteiger partial charge in [-0.05, 0) is 54.6 Å². The lowest BCUT2D eigenvalue weighted by atomic mass is 10.1. The monoisotopic (exact) mass is 361 g/mol. The molecule has 0 saturated heterocycles. The normalized spacial score (nSPS) is 10.6. The summed E-state index contributed by atoms with van der Waals surface area (Å²) in [6, 6.07) is 21.6. The van der Waals surface area contributed by atoms with Crippen LogP contribution in [0, 0.1) is 0 Å². The molecule has 136 valence electrons. The highest BCUT2D eigenvalue weighted by molar-refractivity contribution is 6.06. The molecule has 0 bridgehead atoms. The van der Waals surface area contributed by atoms with Crippen LogP contribution in [0.2, 0.25) is 0 Å². The van der Waals surface area contributed by atoms with E-state index in [2.05, 4.69) is 15.5 Å². The van der Waals surface area contributed by atoms with Gasteiger partial charge in [0.1, 0.15) is 11.5 Å². The first-order valence-electron chi connectivity index (χ1n) is 8.30. The second-order valence-electron chi connectivity index (χ2n) is 5.60. The first kappa shape index (κ1) is 18.1. The van der Waals surface area contributed by atoms with E-state index < -0.39 is 0 Å². The number of hydrogen-bond acceptors (Lipinski definition) is 5. The van der Waals surface area contributed by atoms with Crippen molar-refractivity contribution < 1.29 is 14.3 Å². The van der Waals surface area contributed by atoms with Crippen molar-refractivity contribution in [2.45, 2.75) is 0 Å². The number of azo groups is 1. The summed E-state index contributed by atoms with van der Waals surface area (Å²) in [5, 5.41) is 11.2. The van der Waals surface area contributed by atoms with Gasteiger partial charge in [0.05, 0.1) is 31.2 Å². The lowest BCUT2D eigenvalue weighted by Crippen LogP contribution is -2.13. The summed E-state index contributed by atoms with van der Waals surface area (Å²) in [5.41, 5.74) is 2.50. The fourth-order valence-corrected chi connectivity index (χ4v) is 2.41. The maximum Gasteiger partial charge on any atom is 0.259 e. The van der Waals surface area contributed by atoms with E-state index >= 15 is 0 Å². The minimum Gasteiger partial charge on any atom is -0.497 e. The molecule has 6 heteroatoms. The van der Waals surface area contributed by atoms with Crippen molar-refractivity contribution in [3.8, 4) is 11.5 Å². The predicted molar refractivity (Wildman–Crippen MR) is 105 cm³/mol. The smallest absolute Gasteiger partial charge is 0.259 e. The van der Waals surface area contributed by atoms with Gasteiger partial charge in [0.25, 0.3) is 5.91 Å². The zero-order valence-corrected chi connectivity index (χ0v) is 15.0. The van der Waals surface area contributed by atoms with Gasteiger partial charge in [0, 0.05) is 5.69 Å². The first-order valence-corrected chi connectivity index (χ1v) is 8.30. The number of amides is 1. The fourth-order valence-electron chi connectivity index (χ4n) is 2.41. The summed E-state index contributed by atoms with van der Waals surface area (Å²) in [6.07, 6.45) is 0. The Kier molecular flexibility index (Phi) is 5.79. The molecule has 27 heavy (non-hydrogen) atoms. The third-order valence-electron chi connectivity index (χ3n) is 3.81. The van der Waals surface area contributed by atoms with E-state index in [0.717, 1.165) is 5.69 Å². The Hall–Kier alpha value is -3.67. The van der Waals surface area contributed by atoms with Gasteiger partial charge < -0.3 is 14.8 Å². The van der Waals surface area contributed by atoms with Crippen LogP contribution in [-0.2, 0) is 0 Å². The molecular formula is C21H19N3O3. The van der Waals surface area contributed by atoms with Gasteiger partial charge in [-0.15, -0.1) is 0 Å². The molecule has 0 heterocycles. The number of hydrogen-bond donors (Lipinski definition) is 1. The summed E-state index contributed by atoms with van der Waals surface area (Å²) < 4.78 is 10.4. The Morgan fingerprint density at radius 2 is 1.48 bits per heavy atom. The number of methoxy groups -OCH3 is 2. The van der Waals surface area contributed by atoms with E-state index in [9.17, 15) is 4.79 Å². The number of benzene rings is 3. The molecule has 0 aromatic heterocycles. The number of nitrogens with one attached hydrogen (secondary N) is 1. The van der Waals surface area contributed by atoms with E-state index in [4.69, 9.17) is 9.47 Å². The average molecular weight is 361 g/mol. The van der Waals surface area contributed by atoms with Crippen LogP contribution in [-0.4, -0.2) is 20.1 Å². The van der Waals surface area contributed by atoms with Crippen LogP contribution in [0.1, 0.15) is 10.4 Å². The molecule has 0 aliphatic rings.